The molecule has 10 heteroatoms. The average molecular weight is 600 g/mol. The molecule has 0 aromatic heterocycles. The van der Waals surface area contributed by atoms with Crippen molar-refractivity contribution in [3.05, 3.63) is 88.4 Å². The molecule has 2 atom stereocenters. The van der Waals surface area contributed by atoms with Crippen molar-refractivity contribution in [2.75, 3.05) is 18.0 Å². The van der Waals surface area contributed by atoms with Gasteiger partial charge in [-0.15, -0.1) is 0 Å². The number of aryl methyl sites for hydroxylation is 2. The van der Waals surface area contributed by atoms with Gasteiger partial charge in [-0.25, -0.2) is 8.42 Å². The minimum absolute atomic E-state index is 0.00260. The van der Waals surface area contributed by atoms with E-state index in [2.05, 4.69) is 5.32 Å². The number of amides is 2. The summed E-state index contributed by atoms with van der Waals surface area (Å²) in [4.78, 5) is 28.6. The first-order valence-electron chi connectivity index (χ1n) is 13.5. The molecular weight excluding hydrogens is 562 g/mol. The summed E-state index contributed by atoms with van der Waals surface area (Å²) in [5.41, 5.74) is 2.97. The summed E-state index contributed by atoms with van der Waals surface area (Å²) in [6, 6.07) is 17.3. The largest absolute Gasteiger partial charge is 0.497 e. The first kappa shape index (κ1) is 32.0. The number of halogens is 1. The van der Waals surface area contributed by atoms with E-state index in [1.165, 1.54) is 29.2 Å². The number of hydrogen-bond donors (Lipinski definition) is 1. The molecule has 0 aliphatic carbocycles. The van der Waals surface area contributed by atoms with Gasteiger partial charge in [0, 0.05) is 17.6 Å². The SMILES string of the molecule is CC[C@@H](C)NC(=O)[C@H](C)N(Cc1ccc(OC)cc1)C(=O)CN(c1ccc(C)c(C)c1)S(=O)(=O)c1ccc(Cl)cc1. The lowest BCUT2D eigenvalue weighted by Gasteiger charge is -2.32. The maximum absolute atomic E-state index is 14.0. The normalized spacial score (nSPS) is 12.8. The third-order valence-corrected chi connectivity index (χ3v) is 9.18. The highest BCUT2D eigenvalue weighted by atomic mass is 35.5. The highest BCUT2D eigenvalue weighted by Gasteiger charge is 2.33. The van der Waals surface area contributed by atoms with E-state index in [0.29, 0.717) is 16.5 Å². The van der Waals surface area contributed by atoms with Crippen LogP contribution in [0.2, 0.25) is 5.02 Å². The lowest BCUT2D eigenvalue weighted by molar-refractivity contribution is -0.139. The smallest absolute Gasteiger partial charge is 0.264 e. The minimum atomic E-state index is -4.17. The molecule has 220 valence electrons. The van der Waals surface area contributed by atoms with Crippen molar-refractivity contribution in [3.63, 3.8) is 0 Å². The predicted octanol–water partition coefficient (Wildman–Crippen LogP) is 5.49. The molecule has 0 spiro atoms. The van der Waals surface area contributed by atoms with E-state index in [1.54, 1.807) is 38.3 Å². The molecule has 41 heavy (non-hydrogen) atoms. The molecule has 0 heterocycles. The van der Waals surface area contributed by atoms with Crippen molar-refractivity contribution in [2.24, 2.45) is 0 Å². The molecule has 0 fully saturated rings. The lowest BCUT2D eigenvalue weighted by Crippen LogP contribution is -2.52. The first-order valence-corrected chi connectivity index (χ1v) is 15.3. The van der Waals surface area contributed by atoms with Crippen LogP contribution in [0.3, 0.4) is 0 Å². The van der Waals surface area contributed by atoms with Crippen LogP contribution in [0, 0.1) is 13.8 Å². The van der Waals surface area contributed by atoms with Crippen LogP contribution >= 0.6 is 11.6 Å². The van der Waals surface area contributed by atoms with E-state index < -0.39 is 28.5 Å². The zero-order valence-electron chi connectivity index (χ0n) is 24.3. The Hall–Kier alpha value is -3.56. The number of carbonyl (C=O) groups excluding carboxylic acids is 2. The summed E-state index contributed by atoms with van der Waals surface area (Å²) in [6.45, 7) is 8.89. The Morgan fingerprint density at radius 3 is 2.15 bits per heavy atom. The maximum Gasteiger partial charge on any atom is 0.264 e. The Bertz CT molecular complexity index is 1460. The lowest BCUT2D eigenvalue weighted by atomic mass is 10.1. The van der Waals surface area contributed by atoms with Crippen LogP contribution in [0.5, 0.6) is 5.75 Å². The molecule has 0 radical (unpaired) electrons. The fourth-order valence-electron chi connectivity index (χ4n) is 4.12. The Labute approximate surface area is 248 Å². The van der Waals surface area contributed by atoms with Crippen LogP contribution in [0.1, 0.15) is 43.9 Å². The molecule has 0 unspecified atom stereocenters. The molecule has 0 aliphatic heterocycles. The van der Waals surface area contributed by atoms with Crippen LogP contribution in [0.25, 0.3) is 0 Å². The van der Waals surface area contributed by atoms with Gasteiger partial charge in [0.25, 0.3) is 10.0 Å². The standard InChI is InChI=1S/C31H38ClN3O5S/c1-7-23(4)33-31(37)24(5)34(19-25-9-14-28(40-6)15-10-25)30(36)20-35(27-13-8-21(2)22(3)18-27)41(38,39)29-16-11-26(32)12-17-29/h8-18,23-24H,7,19-20H2,1-6H3,(H,33,37)/t23-,24+/m1/s1. The van der Waals surface area contributed by atoms with Crippen LogP contribution in [-0.2, 0) is 26.2 Å². The molecular formula is C31H38ClN3O5S. The average Bonchev–Trinajstić information content (AvgIpc) is 2.96. The van der Waals surface area contributed by atoms with E-state index in [9.17, 15) is 18.0 Å². The third kappa shape index (κ3) is 8.01. The van der Waals surface area contributed by atoms with E-state index in [4.69, 9.17) is 16.3 Å². The number of carbonyl (C=O) groups is 2. The zero-order chi connectivity index (χ0) is 30.3. The zero-order valence-corrected chi connectivity index (χ0v) is 25.9. The van der Waals surface area contributed by atoms with Gasteiger partial charge in [-0.05, 0) is 99.3 Å². The summed E-state index contributed by atoms with van der Waals surface area (Å²) in [6.07, 6.45) is 0.727. The number of nitrogens with zero attached hydrogens (tertiary/aromatic N) is 2. The van der Waals surface area contributed by atoms with Gasteiger partial charge in [0.05, 0.1) is 17.7 Å². The van der Waals surface area contributed by atoms with E-state index in [1.807, 2.05) is 45.9 Å². The predicted molar refractivity (Wildman–Crippen MR) is 163 cm³/mol. The Morgan fingerprint density at radius 1 is 0.951 bits per heavy atom. The second-order valence-electron chi connectivity index (χ2n) is 10.1. The maximum atomic E-state index is 14.0. The Morgan fingerprint density at radius 2 is 1.59 bits per heavy atom. The number of anilines is 1. The van der Waals surface area contributed by atoms with Crippen molar-refractivity contribution < 1.29 is 22.7 Å². The highest BCUT2D eigenvalue weighted by Crippen LogP contribution is 2.27. The summed E-state index contributed by atoms with van der Waals surface area (Å²) in [7, 11) is -2.61. The Balaban J connectivity index is 2.04. The van der Waals surface area contributed by atoms with Crippen molar-refractivity contribution in [1.29, 1.82) is 0 Å². The second kappa shape index (κ2) is 13.9. The minimum Gasteiger partial charge on any atom is -0.497 e. The van der Waals surface area contributed by atoms with Gasteiger partial charge in [-0.2, -0.15) is 0 Å². The van der Waals surface area contributed by atoms with Gasteiger partial charge in [0.1, 0.15) is 18.3 Å². The van der Waals surface area contributed by atoms with Crippen molar-refractivity contribution in [1.82, 2.24) is 10.2 Å². The van der Waals surface area contributed by atoms with Gasteiger partial charge in [0.15, 0.2) is 0 Å². The van der Waals surface area contributed by atoms with E-state index >= 15 is 0 Å². The number of nitrogens with one attached hydrogen (secondary N) is 1. The van der Waals surface area contributed by atoms with Crippen LogP contribution in [0.4, 0.5) is 5.69 Å². The molecule has 3 aromatic carbocycles. The highest BCUT2D eigenvalue weighted by molar-refractivity contribution is 7.92. The second-order valence-corrected chi connectivity index (χ2v) is 12.4. The van der Waals surface area contributed by atoms with Crippen molar-refractivity contribution in [2.45, 2.75) is 64.6 Å². The number of benzene rings is 3. The molecule has 0 aliphatic rings. The van der Waals surface area contributed by atoms with Gasteiger partial charge in [0.2, 0.25) is 11.8 Å². The molecule has 0 saturated heterocycles. The number of sulfonamides is 1. The number of hydrogen-bond acceptors (Lipinski definition) is 5. The summed E-state index contributed by atoms with van der Waals surface area (Å²) in [5.74, 6) is -0.188. The summed E-state index contributed by atoms with van der Waals surface area (Å²) >= 11 is 6.01. The summed E-state index contributed by atoms with van der Waals surface area (Å²) in [5, 5.41) is 3.32. The van der Waals surface area contributed by atoms with E-state index in [-0.39, 0.29) is 23.4 Å². The van der Waals surface area contributed by atoms with Gasteiger partial charge >= 0.3 is 0 Å². The third-order valence-electron chi connectivity index (χ3n) is 7.14. The van der Waals surface area contributed by atoms with Crippen molar-refractivity contribution >= 4 is 39.1 Å². The van der Waals surface area contributed by atoms with Crippen LogP contribution < -0.4 is 14.4 Å². The summed E-state index contributed by atoms with van der Waals surface area (Å²) < 4.78 is 34.2. The molecule has 8 nitrogen and oxygen atoms in total. The number of ether oxygens (including phenoxy) is 1. The number of methoxy groups -OCH3 is 1. The van der Waals surface area contributed by atoms with Gasteiger partial charge < -0.3 is 15.0 Å². The van der Waals surface area contributed by atoms with Gasteiger partial charge in [-0.3, -0.25) is 13.9 Å². The molecule has 3 aromatic rings. The monoisotopic (exact) mass is 599 g/mol. The van der Waals surface area contributed by atoms with E-state index in [0.717, 1.165) is 27.4 Å². The van der Waals surface area contributed by atoms with Crippen LogP contribution in [0.15, 0.2) is 71.6 Å². The fraction of sp³-hybridized carbons (Fsp3) is 0.355. The molecule has 3 rings (SSSR count). The number of rotatable bonds is 12. The van der Waals surface area contributed by atoms with Crippen molar-refractivity contribution in [3.8, 4) is 5.75 Å². The first-order chi connectivity index (χ1) is 19.4. The van der Waals surface area contributed by atoms with Crippen LogP contribution in [-0.4, -0.2) is 50.9 Å². The van der Waals surface area contributed by atoms with Gasteiger partial charge in [-0.1, -0.05) is 36.7 Å². The molecule has 0 saturated carbocycles. The molecule has 0 bridgehead atoms. The fourth-order valence-corrected chi connectivity index (χ4v) is 5.65. The molecule has 2 amide bonds. The molecule has 1 N–H and O–H groups in total. The quantitative estimate of drug-likeness (QED) is 0.297. The topological polar surface area (TPSA) is 96.0 Å². The Kier molecular flexibility index (Phi) is 10.8.